The van der Waals surface area contributed by atoms with E-state index < -0.39 is 23.3 Å². The van der Waals surface area contributed by atoms with Gasteiger partial charge in [-0.2, -0.15) is 0 Å². The van der Waals surface area contributed by atoms with Crippen LogP contribution in [0.5, 0.6) is 0 Å². The second kappa shape index (κ2) is 8.81. The number of hydrogen-bond donors (Lipinski definition) is 0. The normalized spacial score (nSPS) is 18.1. The summed E-state index contributed by atoms with van der Waals surface area (Å²) in [4.78, 5) is 30.2. The average molecular weight is 466 g/mol. The molecule has 2 aromatic heterocycles. The van der Waals surface area contributed by atoms with Crippen LogP contribution >= 0.6 is 0 Å². The van der Waals surface area contributed by atoms with Gasteiger partial charge >= 0.3 is 0 Å². The zero-order valence-corrected chi connectivity index (χ0v) is 18.7. The van der Waals surface area contributed by atoms with Crippen molar-refractivity contribution in [1.82, 2.24) is 14.5 Å². The van der Waals surface area contributed by atoms with E-state index in [1.54, 1.807) is 29.9 Å². The molecule has 1 unspecified atom stereocenters. The number of pyridine rings is 2. The van der Waals surface area contributed by atoms with Crippen molar-refractivity contribution in [1.29, 1.82) is 0 Å². The standard InChI is InChI=1S/C25H24F2N4O3/c1-30-14-18-15-34-25(19(18)11-23(30)32)6-8-31(9-7-25)13-16-2-5-22(28-12-16)24(29-33)17-3-4-20(26)21(27)10-17/h2-5,10-12,14,24H,6-9,13,15H2,1H3. The highest BCUT2D eigenvalue weighted by Crippen LogP contribution is 2.43. The Morgan fingerprint density at radius 2 is 1.94 bits per heavy atom. The predicted octanol–water partition coefficient (Wildman–Crippen LogP) is 3.94. The molecule has 7 nitrogen and oxygen atoms in total. The number of nitrogens with zero attached hydrogens (tertiary/aromatic N) is 4. The second-order valence-corrected chi connectivity index (χ2v) is 8.99. The molecule has 5 rings (SSSR count). The molecule has 176 valence electrons. The summed E-state index contributed by atoms with van der Waals surface area (Å²) in [7, 11) is 1.75. The number of benzene rings is 1. The van der Waals surface area contributed by atoms with Crippen LogP contribution in [0.1, 0.15) is 46.8 Å². The highest BCUT2D eigenvalue weighted by molar-refractivity contribution is 5.34. The van der Waals surface area contributed by atoms with E-state index in [1.165, 1.54) is 6.07 Å². The molecule has 0 radical (unpaired) electrons. The number of aryl methyl sites for hydroxylation is 1. The molecule has 1 fully saturated rings. The molecule has 3 aromatic rings. The van der Waals surface area contributed by atoms with Gasteiger partial charge in [-0.25, -0.2) is 8.78 Å². The average Bonchev–Trinajstić information content (AvgIpc) is 3.16. The third kappa shape index (κ3) is 4.05. The van der Waals surface area contributed by atoms with Crippen LogP contribution in [0.2, 0.25) is 0 Å². The van der Waals surface area contributed by atoms with E-state index in [0.29, 0.717) is 18.8 Å². The van der Waals surface area contributed by atoms with Gasteiger partial charge in [-0.05, 0) is 47.7 Å². The monoisotopic (exact) mass is 466 g/mol. The first-order valence-corrected chi connectivity index (χ1v) is 11.2. The van der Waals surface area contributed by atoms with Crippen molar-refractivity contribution in [2.75, 3.05) is 13.1 Å². The number of piperidine rings is 1. The number of fused-ring (bicyclic) bond motifs is 2. The fourth-order valence-electron chi connectivity index (χ4n) is 4.92. The Kier molecular flexibility index (Phi) is 5.83. The molecular formula is C25H24F2N4O3. The van der Waals surface area contributed by atoms with Crippen molar-refractivity contribution in [3.8, 4) is 0 Å². The molecule has 0 amide bonds. The van der Waals surface area contributed by atoms with Gasteiger partial charge in [-0.1, -0.05) is 17.3 Å². The van der Waals surface area contributed by atoms with Crippen LogP contribution in [0.15, 0.2) is 58.8 Å². The smallest absolute Gasteiger partial charge is 0.250 e. The van der Waals surface area contributed by atoms with Crippen LogP contribution in [0, 0.1) is 16.5 Å². The summed E-state index contributed by atoms with van der Waals surface area (Å²) in [6.07, 6.45) is 5.15. The quantitative estimate of drug-likeness (QED) is 0.533. The third-order valence-electron chi connectivity index (χ3n) is 6.87. The molecular weight excluding hydrogens is 442 g/mol. The molecule has 0 saturated carbocycles. The number of aromatic nitrogens is 2. The van der Waals surface area contributed by atoms with E-state index in [0.717, 1.165) is 54.8 Å². The third-order valence-corrected chi connectivity index (χ3v) is 6.87. The van der Waals surface area contributed by atoms with Crippen LogP contribution in [-0.2, 0) is 30.5 Å². The van der Waals surface area contributed by atoms with E-state index in [9.17, 15) is 18.5 Å². The summed E-state index contributed by atoms with van der Waals surface area (Å²) < 4.78 is 34.6. The van der Waals surface area contributed by atoms with Crippen LogP contribution < -0.4 is 5.56 Å². The minimum absolute atomic E-state index is 0.0243. The topological polar surface area (TPSA) is 76.8 Å². The maximum absolute atomic E-state index is 13.6. The Morgan fingerprint density at radius 3 is 2.62 bits per heavy atom. The van der Waals surface area contributed by atoms with Gasteiger partial charge < -0.3 is 9.30 Å². The van der Waals surface area contributed by atoms with Crippen LogP contribution in [0.3, 0.4) is 0 Å². The van der Waals surface area contributed by atoms with Crippen molar-refractivity contribution in [2.24, 2.45) is 12.2 Å². The van der Waals surface area contributed by atoms with E-state index in [4.69, 9.17) is 4.74 Å². The van der Waals surface area contributed by atoms with Crippen LogP contribution in [-0.4, -0.2) is 27.5 Å². The van der Waals surface area contributed by atoms with Crippen molar-refractivity contribution < 1.29 is 13.5 Å². The molecule has 1 aromatic carbocycles. The van der Waals surface area contributed by atoms with Crippen molar-refractivity contribution >= 4 is 0 Å². The minimum atomic E-state index is -1.03. The lowest BCUT2D eigenvalue weighted by Crippen LogP contribution is -2.42. The predicted molar refractivity (Wildman–Crippen MR) is 121 cm³/mol. The Hall–Kier alpha value is -3.30. The maximum atomic E-state index is 13.6. The molecule has 0 bridgehead atoms. The van der Waals surface area contributed by atoms with Crippen molar-refractivity contribution in [3.05, 3.63) is 104 Å². The molecule has 1 spiro atoms. The first-order chi connectivity index (χ1) is 16.4. The molecule has 0 N–H and O–H groups in total. The number of halogens is 2. The Bertz CT molecular complexity index is 1280. The van der Waals surface area contributed by atoms with Crippen LogP contribution in [0.25, 0.3) is 0 Å². The number of nitroso groups, excluding NO2 is 1. The number of rotatable bonds is 5. The number of likely N-dealkylation sites (tertiary alicyclic amines) is 1. The molecule has 1 saturated heterocycles. The van der Waals surface area contributed by atoms with Gasteiger partial charge in [0.1, 0.15) is 0 Å². The van der Waals surface area contributed by atoms with E-state index in [2.05, 4.69) is 15.1 Å². The summed E-state index contributed by atoms with van der Waals surface area (Å²) in [6.45, 7) is 2.82. The van der Waals surface area contributed by atoms with Gasteiger partial charge in [0.2, 0.25) is 0 Å². The second-order valence-electron chi connectivity index (χ2n) is 8.99. The molecule has 34 heavy (non-hydrogen) atoms. The maximum Gasteiger partial charge on any atom is 0.250 e. The summed E-state index contributed by atoms with van der Waals surface area (Å²) in [6, 6.07) is 7.56. The number of ether oxygens (including phenoxy) is 1. The highest BCUT2D eigenvalue weighted by atomic mass is 19.2. The van der Waals surface area contributed by atoms with Gasteiger partial charge in [0.15, 0.2) is 17.7 Å². The Morgan fingerprint density at radius 1 is 1.15 bits per heavy atom. The Balaban J connectivity index is 1.25. The summed E-state index contributed by atoms with van der Waals surface area (Å²) in [5, 5.41) is 3.07. The lowest BCUT2D eigenvalue weighted by atomic mass is 9.84. The molecule has 2 aliphatic heterocycles. The fraction of sp³-hybridized carbons (Fsp3) is 0.360. The lowest BCUT2D eigenvalue weighted by molar-refractivity contribution is -0.0799. The summed E-state index contributed by atoms with van der Waals surface area (Å²) in [5.41, 5.74) is 3.27. The molecule has 9 heteroatoms. The van der Waals surface area contributed by atoms with Gasteiger partial charge in [-0.3, -0.25) is 14.7 Å². The van der Waals surface area contributed by atoms with E-state index in [-0.39, 0.29) is 11.1 Å². The van der Waals surface area contributed by atoms with Gasteiger partial charge in [0.05, 0.1) is 17.9 Å². The molecule has 4 heterocycles. The first-order valence-electron chi connectivity index (χ1n) is 11.2. The molecule has 0 aliphatic carbocycles. The van der Waals surface area contributed by atoms with Gasteiger partial charge in [-0.15, -0.1) is 4.91 Å². The van der Waals surface area contributed by atoms with Crippen LogP contribution in [0.4, 0.5) is 8.78 Å². The lowest BCUT2D eigenvalue weighted by Gasteiger charge is -2.39. The van der Waals surface area contributed by atoms with Gasteiger partial charge in [0.25, 0.3) is 5.56 Å². The zero-order valence-electron chi connectivity index (χ0n) is 18.7. The largest absolute Gasteiger partial charge is 0.365 e. The molecule has 1 atom stereocenters. The van der Waals surface area contributed by atoms with Crippen molar-refractivity contribution in [3.63, 3.8) is 0 Å². The minimum Gasteiger partial charge on any atom is -0.365 e. The molecule has 2 aliphatic rings. The SMILES string of the molecule is Cn1cc2c(cc1=O)C1(CCN(Cc3ccc(C(N=O)c4ccc(F)c(F)c4)nc3)CC1)OC2. The summed E-state index contributed by atoms with van der Waals surface area (Å²) in [5.74, 6) is -2.01. The van der Waals surface area contributed by atoms with E-state index >= 15 is 0 Å². The summed E-state index contributed by atoms with van der Waals surface area (Å²) >= 11 is 0. The van der Waals surface area contributed by atoms with E-state index in [1.807, 2.05) is 12.3 Å². The van der Waals surface area contributed by atoms with Crippen molar-refractivity contribution in [2.45, 2.75) is 37.6 Å². The Labute approximate surface area is 195 Å². The first kappa shape index (κ1) is 22.5. The zero-order chi connectivity index (χ0) is 23.9. The highest BCUT2D eigenvalue weighted by Gasteiger charge is 2.43. The van der Waals surface area contributed by atoms with Gasteiger partial charge in [0, 0.05) is 50.7 Å². The number of hydrogen-bond acceptors (Lipinski definition) is 6. The fourth-order valence-corrected chi connectivity index (χ4v) is 4.92.